The van der Waals surface area contributed by atoms with Gasteiger partial charge in [-0.05, 0) is 38.8 Å². The summed E-state index contributed by atoms with van der Waals surface area (Å²) in [6.07, 6.45) is 10.1. The van der Waals surface area contributed by atoms with Crippen molar-refractivity contribution in [3.8, 4) is 0 Å². The van der Waals surface area contributed by atoms with E-state index in [1.165, 1.54) is 64.5 Å². The topological polar surface area (TPSA) is 53.6 Å². The molecule has 3 fully saturated rings. The van der Waals surface area contributed by atoms with Crippen LogP contribution in [0.1, 0.15) is 51.4 Å². The van der Waals surface area contributed by atoms with Gasteiger partial charge in [-0.25, -0.2) is 0 Å². The average molecular weight is 309 g/mol. The van der Waals surface area contributed by atoms with Crippen molar-refractivity contribution >= 4 is 5.91 Å². The Hall–Kier alpha value is -0.650. The first-order valence-electron chi connectivity index (χ1n) is 9.15. The van der Waals surface area contributed by atoms with E-state index >= 15 is 0 Å². The maximum absolute atomic E-state index is 12.4. The third-order valence-corrected chi connectivity index (χ3v) is 5.62. The zero-order valence-electron chi connectivity index (χ0n) is 13.7. The van der Waals surface area contributed by atoms with Gasteiger partial charge in [0.15, 0.2) is 0 Å². The smallest absolute Gasteiger partial charge is 0.250 e. The summed E-state index contributed by atoms with van der Waals surface area (Å²) in [4.78, 5) is 15.0. The quantitative estimate of drug-likeness (QED) is 0.821. The number of likely N-dealkylation sites (tertiary alicyclic amines) is 1. The van der Waals surface area contributed by atoms with Crippen molar-refractivity contribution in [1.29, 1.82) is 0 Å². The standard InChI is InChI=1S/C17H31N3O2/c21-16(15-13-18-9-12-22-15)19-14-17(7-3-1-4-8-17)20-10-5-2-6-11-20/h15,18H,1-14H2,(H,19,21). The zero-order chi connectivity index (χ0) is 15.3. The molecule has 3 rings (SSSR count). The monoisotopic (exact) mass is 309 g/mol. The molecule has 0 aromatic heterocycles. The number of hydrogen-bond acceptors (Lipinski definition) is 4. The number of nitrogens with zero attached hydrogens (tertiary/aromatic N) is 1. The number of ether oxygens (including phenoxy) is 1. The summed E-state index contributed by atoms with van der Waals surface area (Å²) >= 11 is 0. The molecular weight excluding hydrogens is 278 g/mol. The van der Waals surface area contributed by atoms with Crippen molar-refractivity contribution in [3.63, 3.8) is 0 Å². The number of carbonyl (C=O) groups excluding carboxylic acids is 1. The first-order chi connectivity index (χ1) is 10.8. The minimum atomic E-state index is -0.309. The molecule has 0 spiro atoms. The fourth-order valence-electron chi connectivity index (χ4n) is 4.28. The minimum Gasteiger partial charge on any atom is -0.366 e. The second kappa shape index (κ2) is 7.75. The molecule has 2 saturated heterocycles. The Morgan fingerprint density at radius 1 is 1.14 bits per heavy atom. The molecule has 1 saturated carbocycles. The minimum absolute atomic E-state index is 0.0640. The highest BCUT2D eigenvalue weighted by Gasteiger charge is 2.39. The van der Waals surface area contributed by atoms with Crippen LogP contribution in [-0.4, -0.2) is 61.8 Å². The van der Waals surface area contributed by atoms with Crippen LogP contribution in [0.4, 0.5) is 0 Å². The second-order valence-electron chi connectivity index (χ2n) is 7.11. The van der Waals surface area contributed by atoms with Crippen molar-refractivity contribution in [2.24, 2.45) is 0 Å². The predicted molar refractivity (Wildman–Crippen MR) is 86.9 cm³/mol. The molecule has 1 amide bonds. The summed E-state index contributed by atoms with van der Waals surface area (Å²) in [5.41, 5.74) is 0.205. The Labute approximate surface area is 134 Å². The van der Waals surface area contributed by atoms with Crippen LogP contribution in [0.25, 0.3) is 0 Å². The summed E-state index contributed by atoms with van der Waals surface area (Å²) in [6.45, 7) is 5.33. The normalized spacial score (nSPS) is 29.9. The number of rotatable bonds is 4. The van der Waals surface area contributed by atoms with Gasteiger partial charge in [0.25, 0.3) is 5.91 Å². The van der Waals surface area contributed by atoms with Crippen molar-refractivity contribution < 1.29 is 9.53 Å². The zero-order valence-corrected chi connectivity index (χ0v) is 13.7. The van der Waals surface area contributed by atoms with E-state index in [1.807, 2.05) is 0 Å². The van der Waals surface area contributed by atoms with Gasteiger partial charge in [0.2, 0.25) is 0 Å². The maximum atomic E-state index is 12.4. The predicted octanol–water partition coefficient (Wildman–Crippen LogP) is 1.28. The molecule has 1 aliphatic carbocycles. The van der Waals surface area contributed by atoms with Gasteiger partial charge < -0.3 is 15.4 Å². The van der Waals surface area contributed by atoms with Gasteiger partial charge in [-0.3, -0.25) is 9.69 Å². The van der Waals surface area contributed by atoms with Crippen LogP contribution < -0.4 is 10.6 Å². The molecule has 0 aromatic rings. The van der Waals surface area contributed by atoms with Gasteiger partial charge in [-0.2, -0.15) is 0 Å². The van der Waals surface area contributed by atoms with Crippen molar-refractivity contribution in [2.45, 2.75) is 63.0 Å². The first-order valence-corrected chi connectivity index (χ1v) is 9.15. The molecule has 1 atom stereocenters. The highest BCUT2D eigenvalue weighted by atomic mass is 16.5. The number of morpholine rings is 1. The number of hydrogen-bond donors (Lipinski definition) is 2. The second-order valence-corrected chi connectivity index (χ2v) is 7.11. The summed E-state index contributed by atoms with van der Waals surface area (Å²) in [5, 5.41) is 6.44. The molecule has 2 heterocycles. The lowest BCUT2D eigenvalue weighted by Crippen LogP contribution is -2.59. The molecule has 3 aliphatic rings. The van der Waals surface area contributed by atoms with E-state index in [2.05, 4.69) is 15.5 Å². The van der Waals surface area contributed by atoms with Crippen LogP contribution in [0.2, 0.25) is 0 Å². The van der Waals surface area contributed by atoms with Gasteiger partial charge in [0.05, 0.1) is 6.61 Å². The lowest BCUT2D eigenvalue weighted by Gasteiger charge is -2.48. The SMILES string of the molecule is O=C(NCC1(N2CCCCC2)CCCCC1)C1CNCCO1. The molecule has 5 nitrogen and oxygen atoms in total. The Bertz CT molecular complexity index is 357. The third-order valence-electron chi connectivity index (χ3n) is 5.62. The highest BCUT2D eigenvalue weighted by Crippen LogP contribution is 2.35. The maximum Gasteiger partial charge on any atom is 0.250 e. The fourth-order valence-corrected chi connectivity index (χ4v) is 4.28. The van der Waals surface area contributed by atoms with Crippen LogP contribution >= 0.6 is 0 Å². The van der Waals surface area contributed by atoms with Gasteiger partial charge >= 0.3 is 0 Å². The number of piperidine rings is 1. The third kappa shape index (κ3) is 3.81. The van der Waals surface area contributed by atoms with E-state index in [9.17, 15) is 4.79 Å². The molecule has 126 valence electrons. The highest BCUT2D eigenvalue weighted by molar-refractivity contribution is 5.81. The Morgan fingerprint density at radius 3 is 2.55 bits per heavy atom. The van der Waals surface area contributed by atoms with E-state index < -0.39 is 0 Å². The van der Waals surface area contributed by atoms with Crippen LogP contribution in [0.5, 0.6) is 0 Å². The number of carbonyl (C=O) groups is 1. The molecule has 2 aliphatic heterocycles. The van der Waals surface area contributed by atoms with E-state index in [1.54, 1.807) is 0 Å². The van der Waals surface area contributed by atoms with Crippen molar-refractivity contribution in [1.82, 2.24) is 15.5 Å². The van der Waals surface area contributed by atoms with Crippen molar-refractivity contribution in [2.75, 3.05) is 39.3 Å². The lowest BCUT2D eigenvalue weighted by molar-refractivity contribution is -0.135. The summed E-state index contributed by atoms with van der Waals surface area (Å²) in [5.74, 6) is 0.0640. The van der Waals surface area contributed by atoms with E-state index in [0.29, 0.717) is 13.2 Å². The summed E-state index contributed by atoms with van der Waals surface area (Å²) < 4.78 is 5.57. The molecule has 0 radical (unpaired) electrons. The van der Waals surface area contributed by atoms with Crippen LogP contribution in [0.3, 0.4) is 0 Å². The Morgan fingerprint density at radius 2 is 1.86 bits per heavy atom. The lowest BCUT2D eigenvalue weighted by atomic mass is 9.79. The first kappa shape index (κ1) is 16.2. The van der Waals surface area contributed by atoms with Crippen molar-refractivity contribution in [3.05, 3.63) is 0 Å². The van der Waals surface area contributed by atoms with Gasteiger partial charge in [0, 0.05) is 25.2 Å². The Balaban J connectivity index is 1.58. The van der Waals surface area contributed by atoms with E-state index in [0.717, 1.165) is 13.1 Å². The van der Waals surface area contributed by atoms with Gasteiger partial charge in [-0.1, -0.05) is 25.7 Å². The Kier molecular flexibility index (Phi) is 5.71. The van der Waals surface area contributed by atoms with E-state index in [-0.39, 0.29) is 17.6 Å². The van der Waals surface area contributed by atoms with Gasteiger partial charge in [-0.15, -0.1) is 0 Å². The summed E-state index contributed by atoms with van der Waals surface area (Å²) in [6, 6.07) is 0. The molecule has 0 aromatic carbocycles. The number of nitrogens with one attached hydrogen (secondary N) is 2. The molecular formula is C17H31N3O2. The largest absolute Gasteiger partial charge is 0.366 e. The average Bonchev–Trinajstić information content (AvgIpc) is 2.62. The fraction of sp³-hybridized carbons (Fsp3) is 0.941. The summed E-state index contributed by atoms with van der Waals surface area (Å²) in [7, 11) is 0. The number of amides is 1. The van der Waals surface area contributed by atoms with Crippen LogP contribution in [0, 0.1) is 0 Å². The van der Waals surface area contributed by atoms with E-state index in [4.69, 9.17) is 4.74 Å². The van der Waals surface area contributed by atoms with Crippen LogP contribution in [-0.2, 0) is 9.53 Å². The molecule has 2 N–H and O–H groups in total. The van der Waals surface area contributed by atoms with Gasteiger partial charge in [0.1, 0.15) is 6.10 Å². The molecule has 22 heavy (non-hydrogen) atoms. The van der Waals surface area contributed by atoms with Crippen LogP contribution in [0.15, 0.2) is 0 Å². The molecule has 0 bridgehead atoms. The molecule has 1 unspecified atom stereocenters. The molecule has 5 heteroatoms.